The normalized spacial score (nSPS) is 12.0. The van der Waals surface area contributed by atoms with E-state index in [9.17, 15) is 4.79 Å². The minimum Gasteiger partial charge on any atom is -0.497 e. The number of amides is 1. The van der Waals surface area contributed by atoms with E-state index in [0.29, 0.717) is 16.4 Å². The monoisotopic (exact) mass is 421 g/mol. The predicted octanol–water partition coefficient (Wildman–Crippen LogP) is 4.48. The third kappa shape index (κ3) is 3.64. The standard InChI is InChI=1S/C23H23N3O3S/c1-14-18-7-5-6-8-19(18)30-21(14)23(27)25-20(22-24-9-10-26(22)2)15-11-16(28-3)13-17(12-15)29-4/h5-13,20H,1-4H3,(H,25,27)/t20-/m1/s1. The van der Waals surface area contributed by atoms with Crippen LogP contribution in [0.4, 0.5) is 0 Å². The summed E-state index contributed by atoms with van der Waals surface area (Å²) in [6, 6.07) is 13.2. The summed E-state index contributed by atoms with van der Waals surface area (Å²) in [7, 11) is 5.12. The van der Waals surface area contributed by atoms with Crippen LogP contribution in [0.3, 0.4) is 0 Å². The summed E-state index contributed by atoms with van der Waals surface area (Å²) in [5.41, 5.74) is 1.81. The third-order valence-electron chi connectivity index (χ3n) is 5.15. The number of nitrogens with one attached hydrogen (secondary N) is 1. The van der Waals surface area contributed by atoms with Crippen LogP contribution < -0.4 is 14.8 Å². The lowest BCUT2D eigenvalue weighted by Crippen LogP contribution is -2.31. The van der Waals surface area contributed by atoms with Gasteiger partial charge in [-0.2, -0.15) is 0 Å². The maximum absolute atomic E-state index is 13.3. The molecule has 0 aliphatic carbocycles. The number of methoxy groups -OCH3 is 2. The molecule has 0 fully saturated rings. The molecule has 4 aromatic rings. The Morgan fingerprint density at radius 2 is 1.83 bits per heavy atom. The maximum atomic E-state index is 13.3. The topological polar surface area (TPSA) is 65.4 Å². The summed E-state index contributed by atoms with van der Waals surface area (Å²) in [6.45, 7) is 1.98. The Morgan fingerprint density at radius 1 is 1.13 bits per heavy atom. The summed E-state index contributed by atoms with van der Waals surface area (Å²) in [4.78, 5) is 18.5. The number of hydrogen-bond donors (Lipinski definition) is 1. The number of hydrogen-bond acceptors (Lipinski definition) is 5. The number of carbonyl (C=O) groups is 1. The number of aryl methyl sites for hydroxylation is 2. The molecule has 0 radical (unpaired) electrons. The molecule has 0 bridgehead atoms. The van der Waals surface area contributed by atoms with Gasteiger partial charge in [0.15, 0.2) is 0 Å². The molecule has 0 saturated carbocycles. The van der Waals surface area contributed by atoms with E-state index >= 15 is 0 Å². The molecule has 0 aliphatic rings. The highest BCUT2D eigenvalue weighted by Gasteiger charge is 2.25. The maximum Gasteiger partial charge on any atom is 0.262 e. The molecule has 154 valence electrons. The van der Waals surface area contributed by atoms with Crippen molar-refractivity contribution in [2.75, 3.05) is 14.2 Å². The van der Waals surface area contributed by atoms with Crippen LogP contribution in [0.1, 0.15) is 32.7 Å². The number of carbonyl (C=O) groups excluding carboxylic acids is 1. The SMILES string of the molecule is COc1cc(OC)cc([C@@H](NC(=O)c2sc3ccccc3c2C)c2nccn2C)c1. The first kappa shape index (κ1) is 20.0. The van der Waals surface area contributed by atoms with Crippen LogP contribution in [0.25, 0.3) is 10.1 Å². The van der Waals surface area contributed by atoms with E-state index in [1.54, 1.807) is 26.5 Å². The Kier molecular flexibility index (Phi) is 5.46. The van der Waals surface area contributed by atoms with Crippen LogP contribution in [-0.4, -0.2) is 29.7 Å². The zero-order valence-electron chi connectivity index (χ0n) is 17.3. The molecule has 0 unspecified atom stereocenters. The molecule has 0 spiro atoms. The van der Waals surface area contributed by atoms with E-state index in [1.807, 2.05) is 61.1 Å². The second-order valence-electron chi connectivity index (χ2n) is 7.00. The number of rotatable bonds is 6. The van der Waals surface area contributed by atoms with Crippen molar-refractivity contribution in [3.63, 3.8) is 0 Å². The van der Waals surface area contributed by atoms with E-state index in [1.165, 1.54) is 11.3 Å². The molecule has 2 aromatic heterocycles. The van der Waals surface area contributed by atoms with Gasteiger partial charge in [0.05, 0.1) is 19.1 Å². The summed E-state index contributed by atoms with van der Waals surface area (Å²) < 4.78 is 13.8. The van der Waals surface area contributed by atoms with Crippen LogP contribution in [0.2, 0.25) is 0 Å². The molecule has 2 heterocycles. The molecular weight excluding hydrogens is 398 g/mol. The van der Waals surface area contributed by atoms with Crippen molar-refractivity contribution in [3.8, 4) is 11.5 Å². The van der Waals surface area contributed by atoms with Gasteiger partial charge in [0.1, 0.15) is 23.4 Å². The molecule has 30 heavy (non-hydrogen) atoms. The van der Waals surface area contributed by atoms with Gasteiger partial charge in [-0.25, -0.2) is 4.98 Å². The second kappa shape index (κ2) is 8.20. The second-order valence-corrected chi connectivity index (χ2v) is 8.05. The number of imidazole rings is 1. The van der Waals surface area contributed by atoms with Crippen molar-refractivity contribution >= 4 is 27.3 Å². The largest absolute Gasteiger partial charge is 0.497 e. The van der Waals surface area contributed by atoms with Gasteiger partial charge in [-0.1, -0.05) is 18.2 Å². The van der Waals surface area contributed by atoms with Crippen molar-refractivity contribution in [2.24, 2.45) is 7.05 Å². The van der Waals surface area contributed by atoms with Crippen LogP contribution in [-0.2, 0) is 7.05 Å². The molecule has 1 amide bonds. The lowest BCUT2D eigenvalue weighted by atomic mass is 10.0. The van der Waals surface area contributed by atoms with E-state index in [2.05, 4.69) is 10.3 Å². The first-order chi connectivity index (χ1) is 14.5. The Morgan fingerprint density at radius 3 is 2.43 bits per heavy atom. The first-order valence-corrected chi connectivity index (χ1v) is 10.3. The van der Waals surface area contributed by atoms with E-state index in [-0.39, 0.29) is 5.91 Å². The average molecular weight is 422 g/mol. The molecule has 4 rings (SSSR count). The molecule has 6 nitrogen and oxygen atoms in total. The molecule has 7 heteroatoms. The first-order valence-electron chi connectivity index (χ1n) is 9.51. The summed E-state index contributed by atoms with van der Waals surface area (Å²) >= 11 is 1.50. The van der Waals surface area contributed by atoms with Gasteiger partial charge in [0.25, 0.3) is 5.91 Å². The summed E-state index contributed by atoms with van der Waals surface area (Å²) in [5, 5.41) is 4.28. The van der Waals surface area contributed by atoms with Gasteiger partial charge < -0.3 is 19.4 Å². The minimum atomic E-state index is -0.467. The van der Waals surface area contributed by atoms with Gasteiger partial charge in [0, 0.05) is 30.2 Å². The number of ether oxygens (including phenoxy) is 2. The van der Waals surface area contributed by atoms with Crippen molar-refractivity contribution in [1.29, 1.82) is 0 Å². The van der Waals surface area contributed by atoms with Gasteiger partial charge in [0.2, 0.25) is 0 Å². The lowest BCUT2D eigenvalue weighted by Gasteiger charge is -2.20. The van der Waals surface area contributed by atoms with Crippen LogP contribution in [0.5, 0.6) is 11.5 Å². The number of fused-ring (bicyclic) bond motifs is 1. The Hall–Kier alpha value is -3.32. The zero-order chi connectivity index (χ0) is 21.3. The van der Waals surface area contributed by atoms with Crippen molar-refractivity contribution in [2.45, 2.75) is 13.0 Å². The zero-order valence-corrected chi connectivity index (χ0v) is 18.1. The lowest BCUT2D eigenvalue weighted by molar-refractivity contribution is 0.0944. The van der Waals surface area contributed by atoms with Gasteiger partial charge in [-0.05, 0) is 41.6 Å². The highest BCUT2D eigenvalue weighted by Crippen LogP contribution is 2.33. The van der Waals surface area contributed by atoms with E-state index in [0.717, 1.165) is 27.0 Å². The Labute approximate surface area is 179 Å². The van der Waals surface area contributed by atoms with E-state index in [4.69, 9.17) is 9.47 Å². The van der Waals surface area contributed by atoms with Crippen LogP contribution in [0, 0.1) is 6.92 Å². The van der Waals surface area contributed by atoms with Crippen LogP contribution in [0.15, 0.2) is 54.9 Å². The van der Waals surface area contributed by atoms with Crippen LogP contribution >= 0.6 is 11.3 Å². The van der Waals surface area contributed by atoms with Gasteiger partial charge in [-0.3, -0.25) is 4.79 Å². The Bertz CT molecular complexity index is 1190. The van der Waals surface area contributed by atoms with Crippen molar-refractivity contribution in [3.05, 3.63) is 76.7 Å². The highest BCUT2D eigenvalue weighted by atomic mass is 32.1. The number of thiophene rings is 1. The average Bonchev–Trinajstić information content (AvgIpc) is 3.34. The van der Waals surface area contributed by atoms with Gasteiger partial charge >= 0.3 is 0 Å². The molecule has 0 saturated heterocycles. The number of aromatic nitrogens is 2. The molecule has 0 aliphatic heterocycles. The third-order valence-corrected chi connectivity index (χ3v) is 6.42. The van der Waals surface area contributed by atoms with E-state index < -0.39 is 6.04 Å². The molecule has 2 aromatic carbocycles. The fraction of sp³-hybridized carbons (Fsp3) is 0.217. The minimum absolute atomic E-state index is 0.136. The van der Waals surface area contributed by atoms with Crippen molar-refractivity contribution < 1.29 is 14.3 Å². The predicted molar refractivity (Wildman–Crippen MR) is 119 cm³/mol. The van der Waals surface area contributed by atoms with Gasteiger partial charge in [-0.15, -0.1) is 11.3 Å². The fourth-order valence-corrected chi connectivity index (χ4v) is 4.65. The number of benzene rings is 2. The molecule has 1 atom stereocenters. The quantitative estimate of drug-likeness (QED) is 0.499. The molecular formula is C23H23N3O3S. The Balaban J connectivity index is 1.77. The highest BCUT2D eigenvalue weighted by molar-refractivity contribution is 7.21. The van der Waals surface area contributed by atoms with Crippen molar-refractivity contribution in [1.82, 2.24) is 14.9 Å². The summed E-state index contributed by atoms with van der Waals surface area (Å²) in [6.07, 6.45) is 3.58. The number of nitrogens with zero attached hydrogens (tertiary/aromatic N) is 2. The smallest absolute Gasteiger partial charge is 0.262 e. The fourth-order valence-electron chi connectivity index (χ4n) is 3.54. The summed E-state index contributed by atoms with van der Waals surface area (Å²) in [5.74, 6) is 1.88. The molecule has 1 N–H and O–H groups in total.